The first kappa shape index (κ1) is 26.1. The molecule has 9 atom stereocenters. The van der Waals surface area contributed by atoms with E-state index < -0.39 is 11.5 Å². The molecular weight excluding hydrogens is 450 g/mol. The molecule has 5 heteroatoms. The number of hydrogen-bond acceptors (Lipinski definition) is 5. The van der Waals surface area contributed by atoms with Crippen molar-refractivity contribution in [3.63, 3.8) is 0 Å². The Bertz CT molecular complexity index is 1050. The molecule has 5 aliphatic rings. The quantitative estimate of drug-likeness (QED) is 0.545. The van der Waals surface area contributed by atoms with Gasteiger partial charge in [0.1, 0.15) is 11.9 Å². The van der Waals surface area contributed by atoms with Crippen LogP contribution in [0.2, 0.25) is 0 Å². The molecule has 4 saturated carbocycles. The Morgan fingerprint density at radius 3 is 2.33 bits per heavy atom. The van der Waals surface area contributed by atoms with E-state index in [2.05, 4.69) is 33.8 Å². The fourth-order valence-electron chi connectivity index (χ4n) is 10.7. The maximum atomic E-state index is 14.2. The molecule has 4 unspecified atom stereocenters. The van der Waals surface area contributed by atoms with Gasteiger partial charge in [0.2, 0.25) is 0 Å². The largest absolute Gasteiger partial charge is 0.394 e. The van der Waals surface area contributed by atoms with Crippen LogP contribution in [0.5, 0.6) is 0 Å². The number of rotatable bonds is 2. The van der Waals surface area contributed by atoms with Gasteiger partial charge in [-0.05, 0) is 84.9 Å². The second-order valence-electron chi connectivity index (χ2n) is 15.0. The Hall–Kier alpha value is -1.51. The first-order valence-electron chi connectivity index (χ1n) is 14.2. The Morgan fingerprint density at radius 1 is 1.00 bits per heavy atom. The van der Waals surface area contributed by atoms with Crippen LogP contribution in [0, 0.1) is 68.0 Å². The van der Waals surface area contributed by atoms with Crippen LogP contribution in [0.4, 0.5) is 0 Å². The van der Waals surface area contributed by atoms with Gasteiger partial charge in [-0.3, -0.25) is 9.59 Å². The number of aliphatic hydroxyl groups is 2. The van der Waals surface area contributed by atoms with Gasteiger partial charge in [0, 0.05) is 23.2 Å². The highest BCUT2D eigenvalue weighted by molar-refractivity contribution is 6.04. The van der Waals surface area contributed by atoms with E-state index in [0.29, 0.717) is 12.2 Å². The smallest absolute Gasteiger partial charge is 0.178 e. The van der Waals surface area contributed by atoms with E-state index in [4.69, 9.17) is 0 Å². The second kappa shape index (κ2) is 8.00. The highest BCUT2D eigenvalue weighted by Crippen LogP contribution is 2.72. The highest BCUT2D eigenvalue weighted by atomic mass is 16.3. The van der Waals surface area contributed by atoms with E-state index in [1.807, 2.05) is 19.9 Å². The Labute approximate surface area is 216 Å². The van der Waals surface area contributed by atoms with Crippen LogP contribution in [0.15, 0.2) is 11.6 Å². The average Bonchev–Trinajstić information content (AvgIpc) is 2.81. The van der Waals surface area contributed by atoms with Gasteiger partial charge >= 0.3 is 0 Å². The average molecular weight is 496 g/mol. The third kappa shape index (κ3) is 3.25. The standard InChI is InChI=1S/C31H45NO4/c1-27(2)11-12-31(24(35)17-33)10-7-19-25(20(31)15-27)21(34)13-23-29(19,5)9-8-22-28(3,4)26(36)18(16-32)14-30(22,23)6/h14,19-20,22-25,33,35H,7-13,15,17H2,1-6H3/t19?,20?,22-,23-,24?,25?,29-,30-,31+/m0/s1. The maximum Gasteiger partial charge on any atom is 0.178 e. The van der Waals surface area contributed by atoms with Gasteiger partial charge in [0.25, 0.3) is 0 Å². The Kier molecular flexibility index (Phi) is 5.80. The molecule has 5 rings (SSSR count). The van der Waals surface area contributed by atoms with Crippen molar-refractivity contribution in [1.82, 2.24) is 0 Å². The first-order chi connectivity index (χ1) is 16.7. The third-order valence-electron chi connectivity index (χ3n) is 12.6. The summed E-state index contributed by atoms with van der Waals surface area (Å²) in [6.07, 6.45) is 8.11. The Morgan fingerprint density at radius 2 is 1.69 bits per heavy atom. The molecule has 4 fully saturated rings. The number of allylic oxidation sites excluding steroid dienone is 2. The summed E-state index contributed by atoms with van der Waals surface area (Å²) in [6, 6.07) is 2.19. The molecule has 5 nitrogen and oxygen atoms in total. The molecule has 0 amide bonds. The summed E-state index contributed by atoms with van der Waals surface area (Å²) < 4.78 is 0. The van der Waals surface area contributed by atoms with Gasteiger partial charge in [-0.2, -0.15) is 5.26 Å². The molecule has 2 N–H and O–H groups in total. The van der Waals surface area contributed by atoms with Crippen molar-refractivity contribution in [3.05, 3.63) is 11.6 Å². The van der Waals surface area contributed by atoms with Crippen LogP contribution in [0.1, 0.15) is 92.9 Å². The number of Topliss-reactive ketones (excluding diaryl/α,β-unsaturated/α-hetero) is 2. The van der Waals surface area contributed by atoms with Crippen molar-refractivity contribution < 1.29 is 19.8 Å². The minimum atomic E-state index is -0.780. The van der Waals surface area contributed by atoms with Crippen LogP contribution in [-0.2, 0) is 9.59 Å². The van der Waals surface area contributed by atoms with Gasteiger partial charge in [-0.25, -0.2) is 0 Å². The van der Waals surface area contributed by atoms with E-state index >= 15 is 0 Å². The summed E-state index contributed by atoms with van der Waals surface area (Å²) in [7, 11) is 0. The molecule has 0 bridgehead atoms. The van der Waals surface area contributed by atoms with E-state index in [1.54, 1.807) is 0 Å². The molecule has 198 valence electrons. The molecule has 0 spiro atoms. The normalized spacial score (nSPS) is 47.9. The minimum Gasteiger partial charge on any atom is -0.394 e. The molecule has 0 aromatic heterocycles. The summed E-state index contributed by atoms with van der Waals surface area (Å²) in [4.78, 5) is 27.4. The van der Waals surface area contributed by atoms with Crippen molar-refractivity contribution in [1.29, 1.82) is 5.26 Å². The van der Waals surface area contributed by atoms with Crippen LogP contribution in [0.25, 0.3) is 0 Å². The van der Waals surface area contributed by atoms with Gasteiger partial charge < -0.3 is 10.2 Å². The van der Waals surface area contributed by atoms with Crippen LogP contribution in [-0.4, -0.2) is 34.5 Å². The summed E-state index contributed by atoms with van der Waals surface area (Å²) in [5.74, 6) is 0.707. The number of fused-ring (bicyclic) bond motifs is 7. The molecule has 5 aliphatic carbocycles. The molecule has 36 heavy (non-hydrogen) atoms. The van der Waals surface area contributed by atoms with Crippen molar-refractivity contribution in [3.8, 4) is 6.07 Å². The van der Waals surface area contributed by atoms with Crippen molar-refractivity contribution >= 4 is 11.6 Å². The maximum absolute atomic E-state index is 14.2. The molecule has 0 heterocycles. The van der Waals surface area contributed by atoms with E-state index in [-0.39, 0.29) is 69.2 Å². The van der Waals surface area contributed by atoms with Crippen molar-refractivity contribution in [2.24, 2.45) is 56.7 Å². The van der Waals surface area contributed by atoms with Crippen LogP contribution >= 0.6 is 0 Å². The lowest BCUT2D eigenvalue weighted by atomic mass is 9.35. The number of ketones is 2. The van der Waals surface area contributed by atoms with E-state index in [9.17, 15) is 25.1 Å². The molecule has 0 saturated heterocycles. The zero-order chi connectivity index (χ0) is 26.5. The first-order valence-corrected chi connectivity index (χ1v) is 14.2. The SMILES string of the molecule is CC1(C)CC[C@]2(C(O)CO)CCC3C(C(=O)C[C@@H]4[C@@]5(C)C=C(C#N)C(=O)C(C)(C)[C@@H]5CC[C@@]34C)C2C1. The van der Waals surface area contributed by atoms with E-state index in [0.717, 1.165) is 44.9 Å². The van der Waals surface area contributed by atoms with Crippen LogP contribution < -0.4 is 0 Å². The molecular formula is C31H45NO4. The van der Waals surface area contributed by atoms with Gasteiger partial charge in [-0.15, -0.1) is 0 Å². The predicted octanol–water partition coefficient (Wildman–Crippen LogP) is 5.25. The number of nitrogens with zero attached hydrogens (tertiary/aromatic N) is 1. The molecule has 0 aromatic carbocycles. The predicted molar refractivity (Wildman–Crippen MR) is 137 cm³/mol. The van der Waals surface area contributed by atoms with Gasteiger partial charge in [-0.1, -0.05) is 47.6 Å². The fraction of sp³-hybridized carbons (Fsp3) is 0.839. The second-order valence-corrected chi connectivity index (χ2v) is 15.0. The molecule has 0 aromatic rings. The monoisotopic (exact) mass is 495 g/mol. The summed E-state index contributed by atoms with van der Waals surface area (Å²) >= 11 is 0. The number of carbonyl (C=O) groups excluding carboxylic acids is 2. The fourth-order valence-corrected chi connectivity index (χ4v) is 10.7. The van der Waals surface area contributed by atoms with E-state index in [1.165, 1.54) is 0 Å². The number of hydrogen-bond donors (Lipinski definition) is 2. The zero-order valence-corrected chi connectivity index (χ0v) is 23.1. The Balaban J connectivity index is 1.59. The van der Waals surface area contributed by atoms with Crippen LogP contribution in [0.3, 0.4) is 0 Å². The lowest BCUT2D eigenvalue weighted by Gasteiger charge is -2.68. The summed E-state index contributed by atoms with van der Waals surface area (Å²) in [5, 5.41) is 31.0. The topological polar surface area (TPSA) is 98.4 Å². The molecule has 0 radical (unpaired) electrons. The lowest BCUT2D eigenvalue weighted by molar-refractivity contribution is -0.205. The minimum absolute atomic E-state index is 0.0547. The summed E-state index contributed by atoms with van der Waals surface area (Å²) in [6.45, 7) is 12.9. The zero-order valence-electron chi connectivity index (χ0n) is 23.1. The molecule has 0 aliphatic heterocycles. The summed E-state index contributed by atoms with van der Waals surface area (Å²) in [5.41, 5.74) is -1.05. The van der Waals surface area contributed by atoms with Gasteiger partial charge in [0.15, 0.2) is 5.78 Å². The lowest BCUT2D eigenvalue weighted by Crippen LogP contribution is -2.66. The van der Waals surface area contributed by atoms with Crippen molar-refractivity contribution in [2.45, 2.75) is 99.0 Å². The third-order valence-corrected chi connectivity index (χ3v) is 12.6. The highest BCUT2D eigenvalue weighted by Gasteiger charge is 2.68. The van der Waals surface area contributed by atoms with Crippen molar-refractivity contribution in [2.75, 3.05) is 6.61 Å². The number of carbonyl (C=O) groups is 2. The number of aliphatic hydroxyl groups excluding tert-OH is 2. The number of nitriles is 1. The van der Waals surface area contributed by atoms with Gasteiger partial charge in [0.05, 0.1) is 18.3 Å².